The normalized spacial score (nSPS) is 13.1. The van der Waals surface area contributed by atoms with Crippen molar-refractivity contribution in [1.82, 2.24) is 4.90 Å². The van der Waals surface area contributed by atoms with Gasteiger partial charge >= 0.3 is 0 Å². The monoisotopic (exact) mass is 368 g/mol. The Morgan fingerprint density at radius 3 is 2.04 bits per heavy atom. The number of hydrogen-bond acceptors (Lipinski definition) is 4. The molecule has 6 heteroatoms. The van der Waals surface area contributed by atoms with Crippen LogP contribution >= 0.6 is 0 Å². The van der Waals surface area contributed by atoms with Crippen LogP contribution in [-0.4, -0.2) is 37.0 Å². The number of nitrogens with two attached hydrogens (primary N) is 1. The van der Waals surface area contributed by atoms with E-state index in [0.717, 1.165) is 24.0 Å². The number of methoxy groups -OCH3 is 2. The molecule has 2 N–H and O–H groups in total. The van der Waals surface area contributed by atoms with Crippen LogP contribution in [0.3, 0.4) is 0 Å². The van der Waals surface area contributed by atoms with Gasteiger partial charge in [-0.05, 0) is 49.6 Å². The zero-order chi connectivity index (χ0) is 19.6. The van der Waals surface area contributed by atoms with Gasteiger partial charge in [0.25, 0.3) is 5.91 Å². The summed E-state index contributed by atoms with van der Waals surface area (Å²) >= 11 is 0. The predicted octanol–water partition coefficient (Wildman–Crippen LogP) is 2.92. The highest BCUT2D eigenvalue weighted by Crippen LogP contribution is 2.33. The largest absolute Gasteiger partial charge is 0.496 e. The molecule has 6 nitrogen and oxygen atoms in total. The van der Waals surface area contributed by atoms with Gasteiger partial charge in [0.2, 0.25) is 5.91 Å². The van der Waals surface area contributed by atoms with Gasteiger partial charge in [0.05, 0.1) is 14.2 Å². The third kappa shape index (κ3) is 4.05. The van der Waals surface area contributed by atoms with Crippen LogP contribution in [0.5, 0.6) is 11.5 Å². The van der Waals surface area contributed by atoms with Gasteiger partial charge in [-0.2, -0.15) is 0 Å². The van der Waals surface area contributed by atoms with Crippen molar-refractivity contribution in [3.8, 4) is 11.5 Å². The topological polar surface area (TPSA) is 81.9 Å². The Morgan fingerprint density at radius 2 is 1.59 bits per heavy atom. The predicted molar refractivity (Wildman–Crippen MR) is 102 cm³/mol. The maximum atomic E-state index is 13.2. The number of rotatable bonds is 7. The summed E-state index contributed by atoms with van der Waals surface area (Å²) in [6.07, 6.45) is 1.98. The van der Waals surface area contributed by atoms with Crippen molar-refractivity contribution in [3.05, 3.63) is 58.7 Å². The fourth-order valence-electron chi connectivity index (χ4n) is 3.10. The van der Waals surface area contributed by atoms with Crippen LogP contribution in [0.1, 0.15) is 44.7 Å². The molecule has 1 saturated carbocycles. The minimum Gasteiger partial charge on any atom is -0.496 e. The Morgan fingerprint density at radius 1 is 1.04 bits per heavy atom. The lowest BCUT2D eigenvalue weighted by Gasteiger charge is -2.23. The first-order valence-corrected chi connectivity index (χ1v) is 8.87. The molecule has 0 spiro atoms. The Bertz CT molecular complexity index is 832. The SMILES string of the molecule is COc1cc(C(=O)N(Cc2ccc(C(N)=O)cc2)C2CC2)cc(OC)c1C. The van der Waals surface area contributed by atoms with Crippen molar-refractivity contribution in [1.29, 1.82) is 0 Å². The van der Waals surface area contributed by atoms with E-state index in [9.17, 15) is 9.59 Å². The maximum Gasteiger partial charge on any atom is 0.254 e. The van der Waals surface area contributed by atoms with Gasteiger partial charge in [0.1, 0.15) is 11.5 Å². The second-order valence-electron chi connectivity index (χ2n) is 6.73. The van der Waals surface area contributed by atoms with Gasteiger partial charge in [-0.15, -0.1) is 0 Å². The summed E-state index contributed by atoms with van der Waals surface area (Å²) in [5, 5.41) is 0. The first kappa shape index (κ1) is 18.8. The third-order valence-electron chi connectivity index (χ3n) is 4.84. The summed E-state index contributed by atoms with van der Waals surface area (Å²) in [6.45, 7) is 2.37. The Labute approximate surface area is 158 Å². The summed E-state index contributed by atoms with van der Waals surface area (Å²) in [7, 11) is 3.16. The van der Waals surface area contributed by atoms with Crippen LogP contribution in [0, 0.1) is 6.92 Å². The second-order valence-corrected chi connectivity index (χ2v) is 6.73. The first-order chi connectivity index (χ1) is 12.9. The Balaban J connectivity index is 1.87. The number of primary amides is 1. The lowest BCUT2D eigenvalue weighted by molar-refractivity contribution is 0.0728. The summed E-state index contributed by atoms with van der Waals surface area (Å²) < 4.78 is 10.8. The molecule has 0 bridgehead atoms. The molecular formula is C21H24N2O4. The van der Waals surface area contributed by atoms with Crippen LogP contribution in [0.4, 0.5) is 0 Å². The molecule has 0 aliphatic heterocycles. The van der Waals surface area contributed by atoms with Gasteiger partial charge in [-0.3, -0.25) is 9.59 Å². The highest BCUT2D eigenvalue weighted by Gasteiger charge is 2.33. The molecule has 0 radical (unpaired) electrons. The highest BCUT2D eigenvalue weighted by atomic mass is 16.5. The number of hydrogen-bond donors (Lipinski definition) is 1. The number of nitrogens with zero attached hydrogens (tertiary/aromatic N) is 1. The number of ether oxygens (including phenoxy) is 2. The van der Waals surface area contributed by atoms with E-state index >= 15 is 0 Å². The molecule has 0 atom stereocenters. The lowest BCUT2D eigenvalue weighted by atomic mass is 10.1. The fourth-order valence-corrected chi connectivity index (χ4v) is 3.10. The molecule has 1 aliphatic carbocycles. The number of amides is 2. The second kappa shape index (κ2) is 7.70. The van der Waals surface area contributed by atoms with Crippen molar-refractivity contribution in [2.45, 2.75) is 32.4 Å². The number of carbonyl (C=O) groups excluding carboxylic acids is 2. The van der Waals surface area contributed by atoms with E-state index in [0.29, 0.717) is 29.2 Å². The van der Waals surface area contributed by atoms with E-state index in [-0.39, 0.29) is 11.9 Å². The van der Waals surface area contributed by atoms with Gasteiger partial charge in [-0.1, -0.05) is 12.1 Å². The zero-order valence-corrected chi connectivity index (χ0v) is 15.8. The van der Waals surface area contributed by atoms with E-state index < -0.39 is 5.91 Å². The molecule has 2 aromatic rings. The molecule has 142 valence electrons. The van der Waals surface area contributed by atoms with E-state index in [1.165, 1.54) is 0 Å². The average molecular weight is 368 g/mol. The third-order valence-corrected chi connectivity index (χ3v) is 4.84. The standard InChI is InChI=1S/C21H24N2O4/c1-13-18(26-2)10-16(11-19(13)27-3)21(25)23(17-8-9-17)12-14-4-6-15(7-5-14)20(22)24/h4-7,10-11,17H,8-9,12H2,1-3H3,(H2,22,24). The molecule has 0 saturated heterocycles. The quantitative estimate of drug-likeness (QED) is 0.815. The Hall–Kier alpha value is -3.02. The summed E-state index contributed by atoms with van der Waals surface area (Å²) in [5.74, 6) is 0.724. The van der Waals surface area contributed by atoms with Crippen molar-refractivity contribution in [3.63, 3.8) is 0 Å². The average Bonchev–Trinajstić information content (AvgIpc) is 3.51. The first-order valence-electron chi connectivity index (χ1n) is 8.87. The molecule has 0 unspecified atom stereocenters. The van der Waals surface area contributed by atoms with Gasteiger partial charge in [0, 0.05) is 29.3 Å². The van der Waals surface area contributed by atoms with Crippen LogP contribution < -0.4 is 15.2 Å². The number of carbonyl (C=O) groups is 2. The van der Waals surface area contributed by atoms with Crippen molar-refractivity contribution >= 4 is 11.8 Å². The minimum absolute atomic E-state index is 0.0620. The summed E-state index contributed by atoms with van der Waals surface area (Å²) in [5.41, 5.74) is 8.09. The molecular weight excluding hydrogens is 344 g/mol. The molecule has 2 aromatic carbocycles. The van der Waals surface area contributed by atoms with E-state index in [1.54, 1.807) is 38.5 Å². The molecule has 0 aromatic heterocycles. The summed E-state index contributed by atoms with van der Waals surface area (Å²) in [4.78, 5) is 26.3. The van der Waals surface area contributed by atoms with Gasteiger partial charge in [0.15, 0.2) is 0 Å². The molecule has 3 rings (SSSR count). The van der Waals surface area contributed by atoms with E-state index in [1.807, 2.05) is 24.0 Å². The van der Waals surface area contributed by atoms with E-state index in [4.69, 9.17) is 15.2 Å². The number of benzene rings is 2. The highest BCUT2D eigenvalue weighted by molar-refractivity contribution is 5.96. The van der Waals surface area contributed by atoms with Gasteiger partial charge < -0.3 is 20.1 Å². The molecule has 1 fully saturated rings. The van der Waals surface area contributed by atoms with E-state index in [2.05, 4.69) is 0 Å². The minimum atomic E-state index is -0.462. The fraction of sp³-hybridized carbons (Fsp3) is 0.333. The lowest BCUT2D eigenvalue weighted by Crippen LogP contribution is -2.32. The Kier molecular flexibility index (Phi) is 5.35. The van der Waals surface area contributed by atoms with Crippen LogP contribution in [0.25, 0.3) is 0 Å². The smallest absolute Gasteiger partial charge is 0.254 e. The molecule has 2 amide bonds. The van der Waals surface area contributed by atoms with Crippen molar-refractivity contribution in [2.75, 3.05) is 14.2 Å². The zero-order valence-electron chi connectivity index (χ0n) is 15.8. The molecule has 1 aliphatic rings. The molecule has 0 heterocycles. The summed E-state index contributed by atoms with van der Waals surface area (Å²) in [6, 6.07) is 10.8. The van der Waals surface area contributed by atoms with Crippen LogP contribution in [0.15, 0.2) is 36.4 Å². The van der Waals surface area contributed by atoms with Gasteiger partial charge in [-0.25, -0.2) is 0 Å². The van der Waals surface area contributed by atoms with Crippen LogP contribution in [-0.2, 0) is 6.54 Å². The molecule has 27 heavy (non-hydrogen) atoms. The van der Waals surface area contributed by atoms with Crippen molar-refractivity contribution in [2.24, 2.45) is 5.73 Å². The van der Waals surface area contributed by atoms with Crippen LogP contribution in [0.2, 0.25) is 0 Å². The maximum absolute atomic E-state index is 13.2. The van der Waals surface area contributed by atoms with Crippen molar-refractivity contribution < 1.29 is 19.1 Å².